The van der Waals surface area contributed by atoms with Gasteiger partial charge in [-0.05, 0) is 18.9 Å². The molecule has 0 aromatic heterocycles. The van der Waals surface area contributed by atoms with E-state index in [4.69, 9.17) is 4.74 Å². The summed E-state index contributed by atoms with van der Waals surface area (Å²) < 4.78 is 4.87. The van der Waals surface area contributed by atoms with Gasteiger partial charge in [0.25, 0.3) is 0 Å². The van der Waals surface area contributed by atoms with Crippen molar-refractivity contribution in [3.05, 3.63) is 23.3 Å². The second-order valence-corrected chi connectivity index (χ2v) is 3.27. The van der Waals surface area contributed by atoms with E-state index >= 15 is 0 Å². The summed E-state index contributed by atoms with van der Waals surface area (Å²) in [4.78, 5) is 11.0. The van der Waals surface area contributed by atoms with Gasteiger partial charge in [-0.3, -0.25) is 0 Å². The van der Waals surface area contributed by atoms with Crippen molar-refractivity contribution < 1.29 is 9.53 Å². The van der Waals surface area contributed by atoms with Crippen LogP contribution in [0.25, 0.3) is 0 Å². The molecule has 1 rings (SSSR count). The molecule has 0 saturated heterocycles. The van der Waals surface area contributed by atoms with Crippen molar-refractivity contribution in [3.63, 3.8) is 0 Å². The Morgan fingerprint density at radius 3 is 2.85 bits per heavy atom. The number of esters is 1. The largest absolute Gasteiger partial charge is 0.457 e. The Bertz CT molecular complexity index is 249. The molecule has 0 aromatic carbocycles. The highest BCUT2D eigenvalue weighted by molar-refractivity contribution is 5.91. The summed E-state index contributed by atoms with van der Waals surface area (Å²) in [6.45, 7) is 4.43. The van der Waals surface area contributed by atoms with Gasteiger partial charge in [-0.25, -0.2) is 4.79 Å². The van der Waals surface area contributed by atoms with Crippen LogP contribution in [0.3, 0.4) is 0 Å². The van der Waals surface area contributed by atoms with Crippen LogP contribution >= 0.6 is 0 Å². The van der Waals surface area contributed by atoms with Gasteiger partial charge >= 0.3 is 5.97 Å². The van der Waals surface area contributed by atoms with E-state index < -0.39 is 0 Å². The summed E-state index contributed by atoms with van der Waals surface area (Å²) in [5.41, 5.74) is 1.79. The average Bonchev–Trinajstić information content (AvgIpc) is 2.43. The molecule has 2 nitrogen and oxygen atoms in total. The monoisotopic (exact) mass is 180 g/mol. The molecule has 0 saturated carbocycles. The van der Waals surface area contributed by atoms with Gasteiger partial charge in [-0.1, -0.05) is 31.9 Å². The molecule has 1 aliphatic rings. The highest BCUT2D eigenvalue weighted by Crippen LogP contribution is 2.16. The summed E-state index contributed by atoms with van der Waals surface area (Å²) in [7, 11) is 0. The van der Waals surface area contributed by atoms with Crippen molar-refractivity contribution in [3.8, 4) is 0 Å². The van der Waals surface area contributed by atoms with E-state index in [9.17, 15) is 4.79 Å². The maximum atomic E-state index is 11.0. The van der Waals surface area contributed by atoms with Crippen molar-refractivity contribution >= 4 is 5.97 Å². The standard InChI is InChI=1S/C11H16O2/c1-3-4-5-6-7-10-8-13-11(12)9(10)2/h6-7H,3-5,8H2,1-2H3/b7-6-. The van der Waals surface area contributed by atoms with E-state index in [1.807, 2.05) is 13.0 Å². The Labute approximate surface area is 79.3 Å². The summed E-state index contributed by atoms with van der Waals surface area (Å²) in [6.07, 6.45) is 7.62. The number of hydrogen-bond acceptors (Lipinski definition) is 2. The van der Waals surface area contributed by atoms with Crippen LogP contribution in [-0.4, -0.2) is 12.6 Å². The van der Waals surface area contributed by atoms with Gasteiger partial charge in [0.1, 0.15) is 6.61 Å². The molecule has 0 bridgehead atoms. The van der Waals surface area contributed by atoms with Gasteiger partial charge in [0.15, 0.2) is 0 Å². The summed E-state index contributed by atoms with van der Waals surface area (Å²) >= 11 is 0. The van der Waals surface area contributed by atoms with E-state index in [1.165, 1.54) is 12.8 Å². The Kier molecular flexibility index (Phi) is 3.74. The molecule has 0 atom stereocenters. The zero-order valence-electron chi connectivity index (χ0n) is 8.30. The summed E-state index contributed by atoms with van der Waals surface area (Å²) in [6, 6.07) is 0. The molecule has 0 fully saturated rings. The highest BCUT2D eigenvalue weighted by Gasteiger charge is 2.17. The van der Waals surface area contributed by atoms with Crippen LogP contribution < -0.4 is 0 Å². The molecular formula is C11H16O2. The minimum absolute atomic E-state index is 0.171. The lowest BCUT2D eigenvalue weighted by molar-refractivity contribution is -0.135. The summed E-state index contributed by atoms with van der Waals surface area (Å²) in [5, 5.41) is 0. The molecule has 1 heterocycles. The average molecular weight is 180 g/mol. The number of rotatable bonds is 4. The summed E-state index contributed by atoms with van der Waals surface area (Å²) in [5.74, 6) is -0.171. The highest BCUT2D eigenvalue weighted by atomic mass is 16.5. The van der Waals surface area contributed by atoms with Gasteiger partial charge in [-0.15, -0.1) is 0 Å². The molecular weight excluding hydrogens is 164 g/mol. The lowest BCUT2D eigenvalue weighted by Crippen LogP contribution is -1.94. The van der Waals surface area contributed by atoms with Crippen molar-refractivity contribution in [2.45, 2.75) is 33.1 Å². The fraction of sp³-hybridized carbons (Fsp3) is 0.545. The molecule has 72 valence electrons. The van der Waals surface area contributed by atoms with E-state index in [0.29, 0.717) is 6.61 Å². The Balaban J connectivity index is 2.45. The van der Waals surface area contributed by atoms with E-state index in [1.54, 1.807) is 0 Å². The molecule has 2 heteroatoms. The van der Waals surface area contributed by atoms with Crippen molar-refractivity contribution in [2.75, 3.05) is 6.61 Å². The molecule has 0 aliphatic carbocycles. The normalized spacial score (nSPS) is 17.2. The first kappa shape index (κ1) is 10.0. The topological polar surface area (TPSA) is 26.3 Å². The first-order valence-corrected chi connectivity index (χ1v) is 4.79. The Hall–Kier alpha value is -1.05. The third-order valence-electron chi connectivity index (χ3n) is 2.19. The number of ether oxygens (including phenoxy) is 1. The number of carbonyl (C=O) groups excluding carboxylic acids is 1. The van der Waals surface area contributed by atoms with Crippen LogP contribution in [0.5, 0.6) is 0 Å². The first-order chi connectivity index (χ1) is 6.25. The fourth-order valence-electron chi connectivity index (χ4n) is 1.21. The first-order valence-electron chi connectivity index (χ1n) is 4.79. The van der Waals surface area contributed by atoms with Crippen LogP contribution in [0, 0.1) is 0 Å². The van der Waals surface area contributed by atoms with Gasteiger partial charge in [0.05, 0.1) is 0 Å². The SMILES string of the molecule is CCCC/C=C\C1=C(C)C(=O)OC1. The number of allylic oxidation sites excluding steroid dienone is 1. The van der Waals surface area contributed by atoms with Gasteiger partial charge in [0, 0.05) is 5.57 Å². The van der Waals surface area contributed by atoms with Crippen molar-refractivity contribution in [2.24, 2.45) is 0 Å². The number of hydrogen-bond donors (Lipinski definition) is 0. The van der Waals surface area contributed by atoms with Crippen LogP contribution in [0.1, 0.15) is 33.1 Å². The zero-order chi connectivity index (χ0) is 9.68. The lowest BCUT2D eigenvalue weighted by Gasteiger charge is -1.91. The maximum absolute atomic E-state index is 11.0. The predicted molar refractivity (Wildman–Crippen MR) is 52.3 cm³/mol. The zero-order valence-corrected chi connectivity index (χ0v) is 8.30. The Morgan fingerprint density at radius 1 is 1.54 bits per heavy atom. The van der Waals surface area contributed by atoms with Crippen molar-refractivity contribution in [1.82, 2.24) is 0 Å². The number of unbranched alkanes of at least 4 members (excludes halogenated alkanes) is 2. The molecule has 0 amide bonds. The minimum Gasteiger partial charge on any atom is -0.457 e. The Morgan fingerprint density at radius 2 is 2.31 bits per heavy atom. The second-order valence-electron chi connectivity index (χ2n) is 3.27. The van der Waals surface area contributed by atoms with E-state index in [2.05, 4.69) is 13.0 Å². The lowest BCUT2D eigenvalue weighted by atomic mass is 10.1. The molecule has 1 aliphatic heterocycles. The third kappa shape index (κ3) is 2.72. The van der Waals surface area contributed by atoms with Crippen LogP contribution in [0.15, 0.2) is 23.3 Å². The predicted octanol–water partition coefficient (Wildman–Crippen LogP) is 2.61. The van der Waals surface area contributed by atoms with Gasteiger partial charge in [0.2, 0.25) is 0 Å². The van der Waals surface area contributed by atoms with Crippen molar-refractivity contribution in [1.29, 1.82) is 0 Å². The molecule has 0 spiro atoms. The molecule has 13 heavy (non-hydrogen) atoms. The minimum atomic E-state index is -0.171. The second kappa shape index (κ2) is 4.85. The smallest absolute Gasteiger partial charge is 0.334 e. The molecule has 0 N–H and O–H groups in total. The fourth-order valence-corrected chi connectivity index (χ4v) is 1.21. The molecule has 0 unspecified atom stereocenters. The quantitative estimate of drug-likeness (QED) is 0.491. The number of cyclic esters (lactones) is 1. The van der Waals surface area contributed by atoms with Gasteiger partial charge < -0.3 is 4.74 Å². The molecule has 0 radical (unpaired) electrons. The maximum Gasteiger partial charge on any atom is 0.334 e. The third-order valence-corrected chi connectivity index (χ3v) is 2.19. The van der Waals surface area contributed by atoms with Crippen LogP contribution in [-0.2, 0) is 9.53 Å². The molecule has 0 aromatic rings. The van der Waals surface area contributed by atoms with E-state index in [-0.39, 0.29) is 5.97 Å². The van der Waals surface area contributed by atoms with E-state index in [0.717, 1.165) is 17.6 Å². The van der Waals surface area contributed by atoms with Gasteiger partial charge in [-0.2, -0.15) is 0 Å². The van der Waals surface area contributed by atoms with Crippen LogP contribution in [0.2, 0.25) is 0 Å². The van der Waals surface area contributed by atoms with Crippen LogP contribution in [0.4, 0.5) is 0 Å². The number of carbonyl (C=O) groups is 1.